The van der Waals surface area contributed by atoms with Gasteiger partial charge in [0.15, 0.2) is 0 Å². The fourth-order valence-corrected chi connectivity index (χ4v) is 5.07. The molecule has 0 spiro atoms. The highest BCUT2D eigenvalue weighted by molar-refractivity contribution is 7.10. The number of benzene rings is 2. The fourth-order valence-electron chi connectivity index (χ4n) is 4.31. The molecule has 1 amide bonds. The van der Waals surface area contributed by atoms with Crippen molar-refractivity contribution in [1.29, 1.82) is 0 Å². The molecular weight excluding hydrogens is 448 g/mol. The number of para-hydroxylation sites is 1. The van der Waals surface area contributed by atoms with Crippen LogP contribution in [0, 0.1) is 0 Å². The first-order valence-corrected chi connectivity index (χ1v) is 12.0. The van der Waals surface area contributed by atoms with Gasteiger partial charge in [0.05, 0.1) is 13.7 Å². The van der Waals surface area contributed by atoms with Crippen LogP contribution in [0.4, 0.5) is 0 Å². The van der Waals surface area contributed by atoms with Gasteiger partial charge in [-0.25, -0.2) is 5.01 Å². The van der Waals surface area contributed by atoms with Crippen molar-refractivity contribution in [2.75, 3.05) is 13.7 Å². The average Bonchev–Trinajstić information content (AvgIpc) is 3.61. The molecule has 0 saturated carbocycles. The number of carbonyl (C=O) groups is 1. The molecule has 3 N–H and O–H groups in total. The lowest BCUT2D eigenvalue weighted by atomic mass is 9.95. The summed E-state index contributed by atoms with van der Waals surface area (Å²) in [5, 5.41) is 23.8. The number of fused-ring (bicyclic) bond motifs is 1. The molecule has 3 unspecified atom stereocenters. The summed E-state index contributed by atoms with van der Waals surface area (Å²) in [5.74, 6) is 0.497. The van der Waals surface area contributed by atoms with Crippen LogP contribution in [0.1, 0.15) is 35.0 Å². The maximum atomic E-state index is 13.4. The molecule has 8 heteroatoms. The van der Waals surface area contributed by atoms with E-state index in [-0.39, 0.29) is 18.5 Å². The first kappa shape index (κ1) is 22.3. The van der Waals surface area contributed by atoms with E-state index in [1.165, 1.54) is 5.01 Å². The number of methoxy groups -OCH3 is 1. The molecule has 7 nitrogen and oxygen atoms in total. The summed E-state index contributed by atoms with van der Waals surface area (Å²) in [6, 6.07) is 18.7. The zero-order valence-corrected chi connectivity index (χ0v) is 19.8. The standard InChI is InChI=1S/C26H26N4O3S/c1-16(22-8-5-13-34-22)27-15-23(31)30-25(17-9-11-18(33-2)12-10-17)26(32)24(29-30)20-14-28-21-7-4-3-6-19(20)21/h3-14,16,25-28,32H,15H2,1-2H3. The molecule has 0 bridgehead atoms. The van der Waals surface area contributed by atoms with Gasteiger partial charge in [0, 0.05) is 33.6 Å². The molecule has 34 heavy (non-hydrogen) atoms. The molecule has 0 saturated heterocycles. The Balaban J connectivity index is 1.47. The van der Waals surface area contributed by atoms with Gasteiger partial charge >= 0.3 is 0 Å². The molecule has 4 aromatic rings. The summed E-state index contributed by atoms with van der Waals surface area (Å²) in [6.45, 7) is 2.13. The van der Waals surface area contributed by atoms with E-state index in [9.17, 15) is 9.90 Å². The number of aromatic amines is 1. The van der Waals surface area contributed by atoms with Crippen molar-refractivity contribution in [2.45, 2.75) is 25.1 Å². The monoisotopic (exact) mass is 474 g/mol. The van der Waals surface area contributed by atoms with E-state index in [1.807, 2.05) is 79.2 Å². The van der Waals surface area contributed by atoms with Crippen molar-refractivity contribution < 1.29 is 14.6 Å². The van der Waals surface area contributed by atoms with Crippen molar-refractivity contribution >= 4 is 33.9 Å². The Morgan fingerprint density at radius 3 is 2.74 bits per heavy atom. The smallest absolute Gasteiger partial charge is 0.257 e. The van der Waals surface area contributed by atoms with E-state index in [0.29, 0.717) is 11.5 Å². The Morgan fingerprint density at radius 1 is 1.21 bits per heavy atom. The van der Waals surface area contributed by atoms with Crippen molar-refractivity contribution in [3.63, 3.8) is 0 Å². The molecule has 1 aliphatic heterocycles. The Labute approximate surface area is 201 Å². The second-order valence-corrected chi connectivity index (χ2v) is 9.23. The van der Waals surface area contributed by atoms with Gasteiger partial charge in [-0.15, -0.1) is 11.3 Å². The predicted octanol–water partition coefficient (Wildman–Crippen LogP) is 4.24. The number of H-pyrrole nitrogens is 1. The van der Waals surface area contributed by atoms with Crippen LogP contribution in [0.15, 0.2) is 77.3 Å². The second-order valence-electron chi connectivity index (χ2n) is 8.25. The second kappa shape index (κ2) is 9.42. The van der Waals surface area contributed by atoms with Crippen LogP contribution in [0.3, 0.4) is 0 Å². The first-order chi connectivity index (χ1) is 16.6. The zero-order chi connectivity index (χ0) is 23.7. The molecular formula is C26H26N4O3S. The van der Waals surface area contributed by atoms with Crippen molar-refractivity contribution in [2.24, 2.45) is 5.10 Å². The minimum absolute atomic E-state index is 0.0352. The quantitative estimate of drug-likeness (QED) is 0.374. The molecule has 2 aromatic heterocycles. The summed E-state index contributed by atoms with van der Waals surface area (Å²) in [4.78, 5) is 17.8. The van der Waals surface area contributed by atoms with Crippen LogP contribution in [-0.2, 0) is 4.79 Å². The molecule has 2 aromatic carbocycles. The number of rotatable bonds is 7. The molecule has 3 heterocycles. The highest BCUT2D eigenvalue weighted by Crippen LogP contribution is 2.35. The highest BCUT2D eigenvalue weighted by Gasteiger charge is 2.41. The number of nitrogens with one attached hydrogen (secondary N) is 2. The van der Waals surface area contributed by atoms with Gasteiger partial charge in [0.25, 0.3) is 5.91 Å². The molecule has 0 fully saturated rings. The summed E-state index contributed by atoms with van der Waals surface area (Å²) >= 11 is 1.65. The van der Waals surface area contributed by atoms with Crippen LogP contribution in [0.5, 0.6) is 5.75 Å². The molecule has 5 rings (SSSR count). The van der Waals surface area contributed by atoms with Crippen LogP contribution in [-0.4, -0.2) is 46.5 Å². The number of thiophene rings is 1. The number of amides is 1. The first-order valence-electron chi connectivity index (χ1n) is 11.1. The molecule has 174 valence electrons. The van der Waals surface area contributed by atoms with E-state index in [4.69, 9.17) is 4.74 Å². The van der Waals surface area contributed by atoms with Gasteiger partial charge in [-0.05, 0) is 42.1 Å². The Hall–Kier alpha value is -3.46. The number of aliphatic hydroxyl groups excluding tert-OH is 1. The van der Waals surface area contributed by atoms with E-state index in [2.05, 4.69) is 15.4 Å². The summed E-state index contributed by atoms with van der Waals surface area (Å²) in [6.07, 6.45) is 0.856. The third-order valence-electron chi connectivity index (χ3n) is 6.17. The van der Waals surface area contributed by atoms with E-state index < -0.39 is 12.1 Å². The van der Waals surface area contributed by atoms with Gasteiger partial charge in [0.1, 0.15) is 23.6 Å². The summed E-state index contributed by atoms with van der Waals surface area (Å²) in [7, 11) is 1.61. The fraction of sp³-hybridized carbons (Fsp3) is 0.231. The number of nitrogens with zero attached hydrogens (tertiary/aromatic N) is 2. The van der Waals surface area contributed by atoms with Gasteiger partial charge in [-0.2, -0.15) is 5.10 Å². The predicted molar refractivity (Wildman–Crippen MR) is 134 cm³/mol. The molecule has 1 aliphatic rings. The lowest BCUT2D eigenvalue weighted by Crippen LogP contribution is -2.39. The number of ether oxygens (including phenoxy) is 1. The van der Waals surface area contributed by atoms with Crippen LogP contribution in [0.2, 0.25) is 0 Å². The van der Waals surface area contributed by atoms with Crippen molar-refractivity contribution in [3.8, 4) is 5.75 Å². The normalized spacial score (nSPS) is 18.8. The number of aromatic nitrogens is 1. The summed E-state index contributed by atoms with van der Waals surface area (Å²) in [5.41, 5.74) is 2.99. The summed E-state index contributed by atoms with van der Waals surface area (Å²) < 4.78 is 5.28. The maximum Gasteiger partial charge on any atom is 0.257 e. The van der Waals surface area contributed by atoms with E-state index in [0.717, 1.165) is 26.9 Å². The Morgan fingerprint density at radius 2 is 2.00 bits per heavy atom. The number of aliphatic hydroxyl groups is 1. The lowest BCUT2D eigenvalue weighted by Gasteiger charge is -2.25. The van der Waals surface area contributed by atoms with Crippen molar-refractivity contribution in [1.82, 2.24) is 15.3 Å². The van der Waals surface area contributed by atoms with E-state index >= 15 is 0 Å². The van der Waals surface area contributed by atoms with Crippen molar-refractivity contribution in [3.05, 3.63) is 88.2 Å². The van der Waals surface area contributed by atoms with Crippen LogP contribution >= 0.6 is 11.3 Å². The largest absolute Gasteiger partial charge is 0.497 e. The molecule has 3 atom stereocenters. The SMILES string of the molecule is COc1ccc(C2C(O)C(c3c[nH]c4ccccc34)=NN2C(=O)CNC(C)c2cccs2)cc1. The van der Waals surface area contributed by atoms with Gasteiger partial charge in [0.2, 0.25) is 0 Å². The third kappa shape index (κ3) is 4.11. The number of hydrogen-bond acceptors (Lipinski definition) is 6. The minimum Gasteiger partial charge on any atom is -0.497 e. The highest BCUT2D eigenvalue weighted by atomic mass is 32.1. The molecule has 0 radical (unpaired) electrons. The maximum absolute atomic E-state index is 13.4. The topological polar surface area (TPSA) is 90.0 Å². The van der Waals surface area contributed by atoms with Gasteiger partial charge in [-0.1, -0.05) is 36.4 Å². The Bertz CT molecular complexity index is 1310. The van der Waals surface area contributed by atoms with E-state index in [1.54, 1.807) is 18.4 Å². The third-order valence-corrected chi connectivity index (χ3v) is 7.22. The number of hydrogen-bond donors (Lipinski definition) is 3. The Kier molecular flexibility index (Phi) is 6.19. The van der Waals surface area contributed by atoms with Gasteiger partial charge < -0.3 is 20.1 Å². The average molecular weight is 475 g/mol. The molecule has 0 aliphatic carbocycles. The van der Waals surface area contributed by atoms with Crippen LogP contribution < -0.4 is 10.1 Å². The lowest BCUT2D eigenvalue weighted by molar-refractivity contribution is -0.133. The number of carbonyl (C=O) groups excluding carboxylic acids is 1. The van der Waals surface area contributed by atoms with Gasteiger partial charge in [-0.3, -0.25) is 4.79 Å². The minimum atomic E-state index is -0.980. The zero-order valence-electron chi connectivity index (χ0n) is 18.9. The number of hydrazone groups is 1. The van der Waals surface area contributed by atoms with Crippen LogP contribution in [0.25, 0.3) is 10.9 Å².